The number of phosphoric acid groups is 1. The number of carboxylic acid groups (broad SMARTS) is 1. The normalized spacial score (nSPS) is 14.9. The lowest BCUT2D eigenvalue weighted by Crippen LogP contribution is -2.34. The van der Waals surface area contributed by atoms with Crippen molar-refractivity contribution in [3.8, 4) is 0 Å². The summed E-state index contributed by atoms with van der Waals surface area (Å²) in [4.78, 5) is 33.7. The summed E-state index contributed by atoms with van der Waals surface area (Å²) in [5.41, 5.74) is 5.36. The first-order chi connectivity index (χ1) is 31.7. The summed E-state index contributed by atoms with van der Waals surface area (Å²) in [5.74, 6) is -1.83. The fraction of sp³-hybridized carbons (Fsp3) is 0.556. The number of aliphatic carboxylic acids is 1. The first-order valence-corrected chi connectivity index (χ1v) is 25.7. The highest BCUT2D eigenvalue weighted by molar-refractivity contribution is 7.47. The Bertz CT molecular complexity index is 1540. The molecule has 0 saturated heterocycles. The summed E-state index contributed by atoms with van der Waals surface area (Å²) in [7, 11) is -4.65. The Morgan fingerprint density at radius 3 is 1.26 bits per heavy atom. The van der Waals surface area contributed by atoms with Crippen molar-refractivity contribution < 1.29 is 42.7 Å². The number of esters is 1. The van der Waals surface area contributed by atoms with Gasteiger partial charge in [-0.25, -0.2) is 4.57 Å². The lowest BCUT2D eigenvalue weighted by atomic mass is 10.1. The Morgan fingerprint density at radius 1 is 0.492 bits per heavy atom. The van der Waals surface area contributed by atoms with Crippen LogP contribution in [0.25, 0.3) is 0 Å². The maximum Gasteiger partial charge on any atom is 0.472 e. The van der Waals surface area contributed by atoms with Gasteiger partial charge in [0.2, 0.25) is 0 Å². The lowest BCUT2D eigenvalue weighted by Gasteiger charge is -2.20. The zero-order valence-electron chi connectivity index (χ0n) is 40.0. The van der Waals surface area contributed by atoms with Crippen LogP contribution in [0, 0.1) is 0 Å². The molecule has 0 bridgehead atoms. The van der Waals surface area contributed by atoms with Gasteiger partial charge >= 0.3 is 19.8 Å². The molecular weight excluding hydrogens is 838 g/mol. The van der Waals surface area contributed by atoms with Crippen molar-refractivity contribution in [3.05, 3.63) is 134 Å². The second-order valence-electron chi connectivity index (χ2n) is 15.5. The number of carbonyl (C=O) groups is 2. The topological polar surface area (TPSA) is 155 Å². The van der Waals surface area contributed by atoms with Crippen LogP contribution in [0.3, 0.4) is 0 Å². The van der Waals surface area contributed by atoms with E-state index in [2.05, 4.69) is 148 Å². The van der Waals surface area contributed by atoms with E-state index in [1.807, 2.05) is 0 Å². The first kappa shape index (κ1) is 61.1. The molecule has 366 valence electrons. The Morgan fingerprint density at radius 2 is 0.846 bits per heavy atom. The Hall–Kier alpha value is -3.89. The van der Waals surface area contributed by atoms with Crippen LogP contribution in [-0.2, 0) is 32.7 Å². The molecule has 65 heavy (non-hydrogen) atoms. The highest BCUT2D eigenvalue weighted by atomic mass is 31.2. The molecule has 4 N–H and O–H groups in total. The van der Waals surface area contributed by atoms with E-state index in [4.69, 9.17) is 29.4 Å². The molecule has 0 aromatic rings. The maximum atomic E-state index is 12.7. The molecule has 0 radical (unpaired) electrons. The van der Waals surface area contributed by atoms with E-state index < -0.39 is 45.1 Å². The number of hydrogen-bond donors (Lipinski definition) is 3. The fourth-order valence-electron chi connectivity index (χ4n) is 5.75. The minimum atomic E-state index is -4.65. The van der Waals surface area contributed by atoms with Gasteiger partial charge in [0.15, 0.2) is 0 Å². The Balaban J connectivity index is 4.34. The summed E-state index contributed by atoms with van der Waals surface area (Å²) in [6.45, 7) is 3.50. The molecule has 3 unspecified atom stereocenters. The second kappa shape index (κ2) is 48.1. The molecule has 0 aromatic heterocycles. The van der Waals surface area contributed by atoms with Gasteiger partial charge in [-0.15, -0.1) is 0 Å². The molecule has 0 aliphatic rings. The van der Waals surface area contributed by atoms with E-state index in [-0.39, 0.29) is 13.0 Å². The SMILES string of the molecule is CC/C=C\C/C=C\C/C=C\C/C=C\C/C=C\C/C=C\C/C=C\CCCCOCC(COP(=O)(O)OCC(N)C(=O)O)OC(=O)CCCCCCCC/C=C\C/C=C\C/C=C\C/C=C\CC. The molecule has 0 aliphatic carbocycles. The van der Waals surface area contributed by atoms with Gasteiger partial charge in [0.05, 0.1) is 19.8 Å². The van der Waals surface area contributed by atoms with E-state index in [9.17, 15) is 19.0 Å². The van der Waals surface area contributed by atoms with Gasteiger partial charge in [0.1, 0.15) is 12.1 Å². The maximum absolute atomic E-state index is 12.7. The summed E-state index contributed by atoms with van der Waals surface area (Å²) < 4.78 is 33.4. The molecule has 0 aliphatic heterocycles. The number of carboxylic acids is 1. The van der Waals surface area contributed by atoms with Crippen LogP contribution < -0.4 is 5.73 Å². The molecule has 0 amide bonds. The van der Waals surface area contributed by atoms with Crippen molar-refractivity contribution in [1.82, 2.24) is 0 Å². The summed E-state index contributed by atoms with van der Waals surface area (Å²) in [6, 6.07) is -1.49. The predicted octanol–water partition coefficient (Wildman–Crippen LogP) is 14.2. The van der Waals surface area contributed by atoms with E-state index in [0.717, 1.165) is 128 Å². The zero-order chi connectivity index (χ0) is 47.6. The smallest absolute Gasteiger partial charge is 0.472 e. The van der Waals surface area contributed by atoms with Crippen LogP contribution in [0.4, 0.5) is 0 Å². The van der Waals surface area contributed by atoms with E-state index in [1.165, 1.54) is 0 Å². The predicted molar refractivity (Wildman–Crippen MR) is 272 cm³/mol. The standard InChI is InChI=1S/C54H86NO9P/c1-3-5-7-9-11-13-15-17-19-21-23-24-25-26-27-29-31-33-35-37-39-41-43-45-47-61-48-51(49-62-65(59,60)63-50-52(55)54(57)58)64-53(56)46-44-42-40-38-36-34-32-30-28-22-20-18-16-14-12-10-8-6-4-2/h5-8,11-14,17-20,23-24,26-28,30-31,33,37,39,51-52H,3-4,9-10,15-16,21-22,25,29,32,34-36,38,40-50,55H2,1-2H3,(H,57,58)(H,59,60)/b7-5-,8-6-,13-11-,14-12-,19-17-,20-18-,24-23-,27-26-,30-28-,33-31-,39-37-. The van der Waals surface area contributed by atoms with Crippen molar-refractivity contribution in [2.45, 2.75) is 167 Å². The van der Waals surface area contributed by atoms with Crippen LogP contribution in [-0.4, -0.2) is 60.5 Å². The molecule has 3 atom stereocenters. The third-order valence-electron chi connectivity index (χ3n) is 9.43. The first-order valence-electron chi connectivity index (χ1n) is 24.2. The van der Waals surface area contributed by atoms with Crippen LogP contribution >= 0.6 is 7.82 Å². The zero-order valence-corrected chi connectivity index (χ0v) is 40.9. The molecule has 0 aromatic carbocycles. The van der Waals surface area contributed by atoms with E-state index in [1.54, 1.807) is 0 Å². The number of unbranched alkanes of at least 4 members (excludes halogenated alkanes) is 8. The van der Waals surface area contributed by atoms with Crippen LogP contribution in [0.5, 0.6) is 0 Å². The molecule has 10 nitrogen and oxygen atoms in total. The fourth-order valence-corrected chi connectivity index (χ4v) is 6.53. The van der Waals surface area contributed by atoms with Crippen LogP contribution in [0.15, 0.2) is 134 Å². The third kappa shape index (κ3) is 47.9. The van der Waals surface area contributed by atoms with Gasteiger partial charge in [-0.3, -0.25) is 18.6 Å². The summed E-state index contributed by atoms with van der Waals surface area (Å²) in [6.07, 6.45) is 68.0. The monoisotopic (exact) mass is 924 g/mol. The number of rotatable bonds is 44. The van der Waals surface area contributed by atoms with Crippen molar-refractivity contribution in [2.75, 3.05) is 26.4 Å². The number of carbonyl (C=O) groups excluding carboxylic acids is 1. The molecule has 0 heterocycles. The Labute approximate surface area is 394 Å². The lowest BCUT2D eigenvalue weighted by molar-refractivity contribution is -0.154. The molecule has 0 fully saturated rings. The van der Waals surface area contributed by atoms with Crippen molar-refractivity contribution in [1.29, 1.82) is 0 Å². The van der Waals surface area contributed by atoms with Gasteiger partial charge < -0.3 is 25.2 Å². The molecule has 11 heteroatoms. The van der Waals surface area contributed by atoms with Crippen molar-refractivity contribution in [3.63, 3.8) is 0 Å². The van der Waals surface area contributed by atoms with Gasteiger partial charge in [0, 0.05) is 13.0 Å². The number of phosphoric ester groups is 1. The summed E-state index contributed by atoms with van der Waals surface area (Å²) >= 11 is 0. The quantitative estimate of drug-likeness (QED) is 0.0233. The largest absolute Gasteiger partial charge is 0.480 e. The number of nitrogens with two attached hydrogens (primary N) is 1. The summed E-state index contributed by atoms with van der Waals surface area (Å²) in [5, 5.41) is 8.92. The van der Waals surface area contributed by atoms with Gasteiger partial charge in [0.25, 0.3) is 0 Å². The highest BCUT2D eigenvalue weighted by Crippen LogP contribution is 2.43. The number of hydrogen-bond acceptors (Lipinski definition) is 8. The van der Waals surface area contributed by atoms with Gasteiger partial charge in [-0.1, -0.05) is 173 Å². The van der Waals surface area contributed by atoms with Crippen molar-refractivity contribution >= 4 is 19.8 Å². The minimum absolute atomic E-state index is 0.0296. The van der Waals surface area contributed by atoms with E-state index in [0.29, 0.717) is 13.0 Å². The van der Waals surface area contributed by atoms with Gasteiger partial charge in [-0.05, 0) is 109 Å². The second-order valence-corrected chi connectivity index (χ2v) is 16.9. The molecule has 0 saturated carbocycles. The molecule has 0 rings (SSSR count). The van der Waals surface area contributed by atoms with E-state index >= 15 is 0 Å². The van der Waals surface area contributed by atoms with Crippen LogP contribution in [0.1, 0.15) is 155 Å². The molecular formula is C54H86NO9P. The van der Waals surface area contributed by atoms with Gasteiger partial charge in [-0.2, -0.15) is 0 Å². The third-order valence-corrected chi connectivity index (χ3v) is 10.4. The van der Waals surface area contributed by atoms with Crippen LogP contribution in [0.2, 0.25) is 0 Å². The van der Waals surface area contributed by atoms with Crippen molar-refractivity contribution in [2.24, 2.45) is 5.73 Å². The average Bonchev–Trinajstić information content (AvgIpc) is 3.29. The minimum Gasteiger partial charge on any atom is -0.480 e. The number of allylic oxidation sites excluding steroid dienone is 22. The average molecular weight is 924 g/mol. The Kier molecular flexibility index (Phi) is 45.2. The molecule has 0 spiro atoms. The number of ether oxygens (including phenoxy) is 2. The highest BCUT2D eigenvalue weighted by Gasteiger charge is 2.27.